The highest BCUT2D eigenvalue weighted by molar-refractivity contribution is 5.86. The summed E-state index contributed by atoms with van der Waals surface area (Å²) in [4.78, 5) is 4.61. The molecule has 0 bridgehead atoms. The first-order valence-electron chi connectivity index (χ1n) is 7.24. The molecular weight excluding hydrogens is 246 g/mol. The molecule has 102 valence electrons. The zero-order valence-corrected chi connectivity index (χ0v) is 11.8. The highest BCUT2D eigenvalue weighted by atomic mass is 15.0. The fraction of sp³-hybridized carbons (Fsp3) is 0.412. The largest absolute Gasteiger partial charge is 0.369 e. The number of anilines is 1. The molecule has 1 aromatic carbocycles. The maximum absolute atomic E-state index is 9.28. The topological polar surface area (TPSA) is 48.7 Å². The van der Waals surface area contributed by atoms with Gasteiger partial charge in [0.15, 0.2) is 0 Å². The van der Waals surface area contributed by atoms with Crippen molar-refractivity contribution in [3.63, 3.8) is 0 Å². The normalized spacial score (nSPS) is 17.0. The van der Waals surface area contributed by atoms with Crippen LogP contribution in [0.3, 0.4) is 0 Å². The average molecular weight is 265 g/mol. The Kier molecular flexibility index (Phi) is 3.31. The molecule has 2 aromatic rings. The minimum Gasteiger partial charge on any atom is -0.369 e. The lowest BCUT2D eigenvalue weighted by molar-refractivity contribution is 0.361. The van der Waals surface area contributed by atoms with Gasteiger partial charge in [0.25, 0.3) is 0 Å². The second-order valence-electron chi connectivity index (χ2n) is 6.06. The molecule has 1 fully saturated rings. The third-order valence-electron chi connectivity index (χ3n) is 4.34. The molecule has 1 aromatic heterocycles. The molecule has 1 heterocycles. The van der Waals surface area contributed by atoms with E-state index < -0.39 is 0 Å². The van der Waals surface area contributed by atoms with E-state index >= 15 is 0 Å². The lowest BCUT2D eigenvalue weighted by Crippen LogP contribution is -2.23. The van der Waals surface area contributed by atoms with Crippen LogP contribution in [-0.4, -0.2) is 11.5 Å². The molecule has 3 rings (SSSR count). The predicted molar refractivity (Wildman–Crippen MR) is 81.5 cm³/mol. The van der Waals surface area contributed by atoms with Crippen molar-refractivity contribution in [2.24, 2.45) is 5.41 Å². The Morgan fingerprint density at radius 3 is 2.80 bits per heavy atom. The van der Waals surface area contributed by atoms with Gasteiger partial charge >= 0.3 is 0 Å². The van der Waals surface area contributed by atoms with Gasteiger partial charge in [-0.05, 0) is 30.4 Å². The third kappa shape index (κ3) is 2.46. The molecular formula is C17H19N3. The molecule has 0 aliphatic heterocycles. The number of nitrogens with zero attached hydrogens (tertiary/aromatic N) is 2. The second-order valence-corrected chi connectivity index (χ2v) is 6.06. The van der Waals surface area contributed by atoms with E-state index in [-0.39, 0.29) is 0 Å². The number of fused-ring (bicyclic) bond motifs is 1. The molecule has 20 heavy (non-hydrogen) atoms. The van der Waals surface area contributed by atoms with Crippen LogP contribution < -0.4 is 5.32 Å². The minimum atomic E-state index is 0.375. The van der Waals surface area contributed by atoms with Gasteiger partial charge in [0.2, 0.25) is 0 Å². The first-order chi connectivity index (χ1) is 9.70. The summed E-state index contributed by atoms with van der Waals surface area (Å²) < 4.78 is 0. The first-order valence-corrected chi connectivity index (χ1v) is 7.24. The SMILES string of the molecule is CC1(CNc2cc(C#N)c3ccccc3n2)CCCC1. The van der Waals surface area contributed by atoms with Crippen molar-refractivity contribution < 1.29 is 0 Å². The number of nitrogens with one attached hydrogen (secondary N) is 1. The van der Waals surface area contributed by atoms with Gasteiger partial charge in [0, 0.05) is 11.9 Å². The van der Waals surface area contributed by atoms with E-state index in [4.69, 9.17) is 0 Å². The lowest BCUT2D eigenvalue weighted by Gasteiger charge is -2.24. The van der Waals surface area contributed by atoms with Crippen LogP contribution in [0.5, 0.6) is 0 Å². The Labute approximate surface area is 119 Å². The van der Waals surface area contributed by atoms with Crippen LogP contribution in [-0.2, 0) is 0 Å². The van der Waals surface area contributed by atoms with Crippen molar-refractivity contribution in [2.75, 3.05) is 11.9 Å². The van der Waals surface area contributed by atoms with E-state index in [0.29, 0.717) is 11.0 Å². The molecule has 1 saturated carbocycles. The van der Waals surface area contributed by atoms with Gasteiger partial charge < -0.3 is 5.32 Å². The summed E-state index contributed by atoms with van der Waals surface area (Å²) in [5.41, 5.74) is 1.94. The number of para-hydroxylation sites is 1. The van der Waals surface area contributed by atoms with Gasteiger partial charge in [0.05, 0.1) is 17.1 Å². The Bertz CT molecular complexity index is 663. The molecule has 3 heteroatoms. The number of benzene rings is 1. The molecule has 0 amide bonds. The summed E-state index contributed by atoms with van der Waals surface area (Å²) in [5.74, 6) is 0.813. The average Bonchev–Trinajstić information content (AvgIpc) is 2.91. The van der Waals surface area contributed by atoms with Crippen molar-refractivity contribution in [3.8, 4) is 6.07 Å². The third-order valence-corrected chi connectivity index (χ3v) is 4.34. The van der Waals surface area contributed by atoms with Crippen LogP contribution in [0.15, 0.2) is 30.3 Å². The Morgan fingerprint density at radius 2 is 2.05 bits per heavy atom. The number of hydrogen-bond acceptors (Lipinski definition) is 3. The Morgan fingerprint density at radius 1 is 1.30 bits per heavy atom. The van der Waals surface area contributed by atoms with Crippen LogP contribution >= 0.6 is 0 Å². The van der Waals surface area contributed by atoms with Crippen molar-refractivity contribution in [1.29, 1.82) is 5.26 Å². The summed E-state index contributed by atoms with van der Waals surface area (Å²) in [6, 6.07) is 11.9. The van der Waals surface area contributed by atoms with Crippen molar-refractivity contribution >= 4 is 16.7 Å². The molecule has 0 spiro atoms. The van der Waals surface area contributed by atoms with E-state index in [2.05, 4.69) is 23.3 Å². The summed E-state index contributed by atoms with van der Waals surface area (Å²) in [5, 5.41) is 13.6. The number of rotatable bonds is 3. The van der Waals surface area contributed by atoms with Crippen LogP contribution in [0.1, 0.15) is 38.2 Å². The molecule has 0 atom stereocenters. The van der Waals surface area contributed by atoms with Crippen molar-refractivity contribution in [2.45, 2.75) is 32.6 Å². The number of nitriles is 1. The van der Waals surface area contributed by atoms with Crippen LogP contribution in [0.25, 0.3) is 10.9 Å². The summed E-state index contributed by atoms with van der Waals surface area (Å²) >= 11 is 0. The number of hydrogen-bond donors (Lipinski definition) is 1. The van der Waals surface area contributed by atoms with Gasteiger partial charge in [0.1, 0.15) is 5.82 Å². The van der Waals surface area contributed by atoms with Gasteiger partial charge in [-0.3, -0.25) is 0 Å². The smallest absolute Gasteiger partial charge is 0.128 e. The minimum absolute atomic E-state index is 0.375. The molecule has 3 nitrogen and oxygen atoms in total. The molecule has 1 N–H and O–H groups in total. The molecule has 0 saturated heterocycles. The van der Waals surface area contributed by atoms with Crippen LogP contribution in [0.2, 0.25) is 0 Å². The van der Waals surface area contributed by atoms with E-state index in [1.165, 1.54) is 25.7 Å². The van der Waals surface area contributed by atoms with Gasteiger partial charge in [-0.25, -0.2) is 4.98 Å². The summed E-state index contributed by atoms with van der Waals surface area (Å²) in [6.45, 7) is 3.27. The quantitative estimate of drug-likeness (QED) is 0.909. The Hall–Kier alpha value is -2.08. The maximum atomic E-state index is 9.28. The van der Waals surface area contributed by atoms with Gasteiger partial charge in [-0.1, -0.05) is 38.0 Å². The fourth-order valence-electron chi connectivity index (χ4n) is 3.07. The summed E-state index contributed by atoms with van der Waals surface area (Å²) in [7, 11) is 0. The highest BCUT2D eigenvalue weighted by Gasteiger charge is 2.28. The standard InChI is InChI=1S/C17H19N3/c1-17(8-4-5-9-17)12-19-16-10-13(11-18)14-6-2-3-7-15(14)20-16/h2-3,6-7,10H,4-5,8-9,12H2,1H3,(H,19,20). The zero-order valence-electron chi connectivity index (χ0n) is 11.8. The molecule has 1 aliphatic carbocycles. The molecule has 0 radical (unpaired) electrons. The van der Waals surface area contributed by atoms with Crippen molar-refractivity contribution in [3.05, 3.63) is 35.9 Å². The highest BCUT2D eigenvalue weighted by Crippen LogP contribution is 2.37. The van der Waals surface area contributed by atoms with E-state index in [1.807, 2.05) is 30.3 Å². The molecule has 0 unspecified atom stereocenters. The van der Waals surface area contributed by atoms with Crippen LogP contribution in [0, 0.1) is 16.7 Å². The number of aromatic nitrogens is 1. The number of pyridine rings is 1. The van der Waals surface area contributed by atoms with Crippen molar-refractivity contribution in [1.82, 2.24) is 4.98 Å². The second kappa shape index (κ2) is 5.13. The predicted octanol–water partition coefficient (Wildman–Crippen LogP) is 4.10. The van der Waals surface area contributed by atoms with E-state index in [0.717, 1.165) is 23.3 Å². The first kappa shape index (κ1) is 12.9. The lowest BCUT2D eigenvalue weighted by atomic mass is 9.89. The summed E-state index contributed by atoms with van der Waals surface area (Å²) in [6.07, 6.45) is 5.21. The van der Waals surface area contributed by atoms with Crippen LogP contribution in [0.4, 0.5) is 5.82 Å². The monoisotopic (exact) mass is 265 g/mol. The molecule has 1 aliphatic rings. The van der Waals surface area contributed by atoms with E-state index in [9.17, 15) is 5.26 Å². The zero-order chi connectivity index (χ0) is 14.0. The Balaban J connectivity index is 1.87. The van der Waals surface area contributed by atoms with E-state index in [1.54, 1.807) is 0 Å². The fourth-order valence-corrected chi connectivity index (χ4v) is 3.07. The van der Waals surface area contributed by atoms with Gasteiger partial charge in [-0.2, -0.15) is 5.26 Å². The maximum Gasteiger partial charge on any atom is 0.128 e. The van der Waals surface area contributed by atoms with Gasteiger partial charge in [-0.15, -0.1) is 0 Å².